The molecular formula is C15H14BrClFNO. The molecule has 0 unspecified atom stereocenters. The quantitative estimate of drug-likeness (QED) is 0.661. The Labute approximate surface area is 131 Å². The SMILES string of the molecule is CCCc1cc(CCl)cc(Oc2ccc(F)c(Br)c2)n1. The molecule has 1 aromatic carbocycles. The summed E-state index contributed by atoms with van der Waals surface area (Å²) in [6.07, 6.45) is 1.87. The molecule has 2 nitrogen and oxygen atoms in total. The van der Waals surface area contributed by atoms with E-state index in [0.717, 1.165) is 24.1 Å². The second kappa shape index (κ2) is 7.04. The lowest BCUT2D eigenvalue weighted by Gasteiger charge is -2.09. The molecule has 0 aliphatic rings. The lowest BCUT2D eigenvalue weighted by atomic mass is 10.2. The predicted molar refractivity (Wildman–Crippen MR) is 82.0 cm³/mol. The van der Waals surface area contributed by atoms with Gasteiger partial charge in [-0.3, -0.25) is 0 Å². The van der Waals surface area contributed by atoms with Crippen LogP contribution in [-0.4, -0.2) is 4.98 Å². The summed E-state index contributed by atoms with van der Waals surface area (Å²) in [5, 5.41) is 0. The molecule has 20 heavy (non-hydrogen) atoms. The van der Waals surface area contributed by atoms with Crippen LogP contribution in [-0.2, 0) is 12.3 Å². The molecule has 0 bridgehead atoms. The fraction of sp³-hybridized carbons (Fsp3) is 0.267. The van der Waals surface area contributed by atoms with Gasteiger partial charge in [-0.2, -0.15) is 0 Å². The molecule has 2 aromatic rings. The summed E-state index contributed by atoms with van der Waals surface area (Å²) in [6, 6.07) is 8.25. The Balaban J connectivity index is 2.27. The van der Waals surface area contributed by atoms with Crippen LogP contribution < -0.4 is 4.74 Å². The first-order chi connectivity index (χ1) is 9.62. The Morgan fingerprint density at radius 2 is 2.10 bits per heavy atom. The molecule has 0 spiro atoms. The zero-order valence-electron chi connectivity index (χ0n) is 11.0. The van der Waals surface area contributed by atoms with Crippen molar-refractivity contribution in [2.24, 2.45) is 0 Å². The summed E-state index contributed by atoms with van der Waals surface area (Å²) in [5.41, 5.74) is 1.91. The predicted octanol–water partition coefficient (Wildman–Crippen LogP) is 5.47. The number of aryl methyl sites for hydroxylation is 1. The number of aromatic nitrogens is 1. The van der Waals surface area contributed by atoms with E-state index in [4.69, 9.17) is 16.3 Å². The van der Waals surface area contributed by atoms with Crippen LogP contribution in [0.5, 0.6) is 11.6 Å². The van der Waals surface area contributed by atoms with Crippen molar-refractivity contribution in [1.82, 2.24) is 4.98 Å². The summed E-state index contributed by atoms with van der Waals surface area (Å²) in [7, 11) is 0. The topological polar surface area (TPSA) is 22.1 Å². The van der Waals surface area contributed by atoms with Crippen LogP contribution in [0.4, 0.5) is 4.39 Å². The highest BCUT2D eigenvalue weighted by Gasteiger charge is 2.06. The average Bonchev–Trinajstić information content (AvgIpc) is 2.43. The van der Waals surface area contributed by atoms with Gasteiger partial charge in [0.1, 0.15) is 11.6 Å². The summed E-state index contributed by atoms with van der Waals surface area (Å²) in [4.78, 5) is 4.43. The maximum Gasteiger partial charge on any atom is 0.219 e. The van der Waals surface area contributed by atoms with Crippen LogP contribution in [0.25, 0.3) is 0 Å². The van der Waals surface area contributed by atoms with E-state index < -0.39 is 0 Å². The van der Waals surface area contributed by atoms with Gasteiger partial charge >= 0.3 is 0 Å². The van der Waals surface area contributed by atoms with E-state index in [1.165, 1.54) is 6.07 Å². The Kier molecular flexibility index (Phi) is 5.38. The summed E-state index contributed by atoms with van der Waals surface area (Å²) in [6.45, 7) is 2.09. The van der Waals surface area contributed by atoms with Crippen LogP contribution in [0.2, 0.25) is 0 Å². The highest BCUT2D eigenvalue weighted by atomic mass is 79.9. The minimum Gasteiger partial charge on any atom is -0.439 e. The van der Waals surface area contributed by atoms with Gasteiger partial charge in [0.25, 0.3) is 0 Å². The highest BCUT2D eigenvalue weighted by molar-refractivity contribution is 9.10. The van der Waals surface area contributed by atoms with Crippen molar-refractivity contribution in [3.63, 3.8) is 0 Å². The van der Waals surface area contributed by atoms with Gasteiger partial charge in [0, 0.05) is 17.6 Å². The molecule has 0 amide bonds. The molecular weight excluding hydrogens is 345 g/mol. The van der Waals surface area contributed by atoms with E-state index in [1.54, 1.807) is 18.2 Å². The number of alkyl halides is 1. The van der Waals surface area contributed by atoms with Gasteiger partial charge in [0.05, 0.1) is 4.47 Å². The minimum absolute atomic E-state index is 0.327. The number of ether oxygens (including phenoxy) is 1. The number of pyridine rings is 1. The Hall–Kier alpha value is -1.13. The van der Waals surface area contributed by atoms with E-state index in [0.29, 0.717) is 22.0 Å². The maximum absolute atomic E-state index is 13.2. The van der Waals surface area contributed by atoms with Crippen molar-refractivity contribution in [3.05, 3.63) is 51.9 Å². The van der Waals surface area contributed by atoms with E-state index in [2.05, 4.69) is 27.8 Å². The third-order valence-corrected chi connectivity index (χ3v) is 3.60. The van der Waals surface area contributed by atoms with E-state index in [1.807, 2.05) is 6.07 Å². The summed E-state index contributed by atoms with van der Waals surface area (Å²) in [5.74, 6) is 1.08. The van der Waals surface area contributed by atoms with Crippen molar-refractivity contribution in [2.45, 2.75) is 25.6 Å². The molecule has 2 rings (SSSR count). The van der Waals surface area contributed by atoms with Gasteiger partial charge in [-0.25, -0.2) is 9.37 Å². The molecule has 106 valence electrons. The molecule has 0 N–H and O–H groups in total. The van der Waals surface area contributed by atoms with Gasteiger partial charge in [0.2, 0.25) is 5.88 Å². The zero-order valence-corrected chi connectivity index (χ0v) is 13.3. The number of nitrogens with zero attached hydrogens (tertiary/aromatic N) is 1. The smallest absolute Gasteiger partial charge is 0.219 e. The molecule has 0 saturated carbocycles. The Morgan fingerprint density at radius 3 is 2.75 bits per heavy atom. The number of rotatable bonds is 5. The number of hydrogen-bond acceptors (Lipinski definition) is 2. The second-order valence-electron chi connectivity index (χ2n) is 4.37. The normalized spacial score (nSPS) is 10.6. The van der Waals surface area contributed by atoms with E-state index in [-0.39, 0.29) is 5.82 Å². The molecule has 1 heterocycles. The molecule has 0 fully saturated rings. The number of halogens is 3. The molecule has 0 radical (unpaired) electrons. The van der Waals surface area contributed by atoms with Crippen LogP contribution in [0, 0.1) is 5.82 Å². The summed E-state index contributed by atoms with van der Waals surface area (Å²) >= 11 is 9.01. The molecule has 0 aliphatic heterocycles. The first kappa shape index (κ1) is 15.3. The van der Waals surface area contributed by atoms with Gasteiger partial charge in [0.15, 0.2) is 0 Å². The van der Waals surface area contributed by atoms with Crippen molar-refractivity contribution in [1.29, 1.82) is 0 Å². The first-order valence-corrected chi connectivity index (χ1v) is 7.64. The molecule has 0 saturated heterocycles. The van der Waals surface area contributed by atoms with Crippen molar-refractivity contribution < 1.29 is 9.13 Å². The third kappa shape index (κ3) is 3.93. The van der Waals surface area contributed by atoms with Crippen LogP contribution in [0.3, 0.4) is 0 Å². The van der Waals surface area contributed by atoms with Crippen molar-refractivity contribution in [3.8, 4) is 11.6 Å². The lowest BCUT2D eigenvalue weighted by Crippen LogP contribution is -1.96. The number of hydrogen-bond donors (Lipinski definition) is 0. The van der Waals surface area contributed by atoms with Crippen molar-refractivity contribution in [2.75, 3.05) is 0 Å². The Bertz CT molecular complexity index is 606. The van der Waals surface area contributed by atoms with E-state index >= 15 is 0 Å². The monoisotopic (exact) mass is 357 g/mol. The summed E-state index contributed by atoms with van der Waals surface area (Å²) < 4.78 is 19.2. The Morgan fingerprint density at radius 1 is 1.30 bits per heavy atom. The van der Waals surface area contributed by atoms with Crippen LogP contribution in [0.1, 0.15) is 24.6 Å². The second-order valence-corrected chi connectivity index (χ2v) is 5.49. The largest absolute Gasteiger partial charge is 0.439 e. The van der Waals surface area contributed by atoms with Gasteiger partial charge in [-0.15, -0.1) is 11.6 Å². The number of benzene rings is 1. The van der Waals surface area contributed by atoms with Gasteiger partial charge < -0.3 is 4.74 Å². The first-order valence-electron chi connectivity index (χ1n) is 6.31. The van der Waals surface area contributed by atoms with Crippen LogP contribution >= 0.6 is 27.5 Å². The lowest BCUT2D eigenvalue weighted by molar-refractivity contribution is 0.457. The van der Waals surface area contributed by atoms with Gasteiger partial charge in [-0.05, 0) is 52.2 Å². The molecule has 5 heteroatoms. The zero-order chi connectivity index (χ0) is 14.5. The fourth-order valence-corrected chi connectivity index (χ4v) is 2.31. The average molecular weight is 359 g/mol. The minimum atomic E-state index is -0.327. The standard InChI is InChI=1S/C15H14BrClFNO/c1-2-3-11-6-10(9-17)7-15(19-11)20-12-4-5-14(18)13(16)8-12/h4-8H,2-3,9H2,1H3. The maximum atomic E-state index is 13.2. The third-order valence-electron chi connectivity index (χ3n) is 2.69. The highest BCUT2D eigenvalue weighted by Crippen LogP contribution is 2.26. The van der Waals surface area contributed by atoms with Gasteiger partial charge in [-0.1, -0.05) is 13.3 Å². The molecule has 1 aromatic heterocycles. The van der Waals surface area contributed by atoms with E-state index in [9.17, 15) is 4.39 Å². The molecule has 0 aliphatic carbocycles. The van der Waals surface area contributed by atoms with Crippen LogP contribution in [0.15, 0.2) is 34.8 Å². The molecule has 0 atom stereocenters. The fourth-order valence-electron chi connectivity index (χ4n) is 1.80. The van der Waals surface area contributed by atoms with Crippen molar-refractivity contribution >= 4 is 27.5 Å².